The summed E-state index contributed by atoms with van der Waals surface area (Å²) in [7, 11) is -3.84. The van der Waals surface area contributed by atoms with E-state index in [1.807, 2.05) is 0 Å². The highest BCUT2D eigenvalue weighted by Crippen LogP contribution is 2.75. The van der Waals surface area contributed by atoms with E-state index in [9.17, 15) is 0 Å². The van der Waals surface area contributed by atoms with E-state index < -0.39 is 20.1 Å². The highest BCUT2D eigenvalue weighted by atomic mass is 32.3. The predicted octanol–water partition coefficient (Wildman–Crippen LogP) is 19.0. The molecule has 2 aliphatic heterocycles. The molecule has 0 N–H and O–H groups in total. The van der Waals surface area contributed by atoms with Crippen molar-refractivity contribution in [2.24, 2.45) is 0 Å². The van der Waals surface area contributed by atoms with E-state index in [2.05, 4.69) is 315 Å². The largest absolute Gasteiger partial charge is 0.458 e. The molecule has 0 radical (unpaired) electrons. The Kier molecular flexibility index (Phi) is 12.7. The first-order valence-electron chi connectivity index (χ1n) is 27.5. The summed E-state index contributed by atoms with van der Waals surface area (Å²) in [5, 5.41) is 0. The van der Waals surface area contributed by atoms with Gasteiger partial charge in [0.15, 0.2) is 0 Å². The highest BCUT2D eigenvalue weighted by Gasteiger charge is 2.44. The molecule has 0 aromatic heterocycles. The quantitative estimate of drug-likeness (QED) is 0.127. The van der Waals surface area contributed by atoms with Crippen molar-refractivity contribution in [3.63, 3.8) is 0 Å². The second-order valence-electron chi connectivity index (χ2n) is 22.8. The lowest BCUT2D eigenvalue weighted by Crippen LogP contribution is -2.58. The average molecular weight is 1060 g/mol. The van der Waals surface area contributed by atoms with E-state index in [1.54, 1.807) is 0 Å². The molecular formula is C74H63BO2S2. The molecule has 11 aromatic carbocycles. The number of hydrogen-bond donors (Lipinski definition) is 0. The number of ether oxygens (including phenoxy) is 2. The molecule has 0 fully saturated rings. The molecule has 386 valence electrons. The molecule has 0 amide bonds. The zero-order valence-electron chi connectivity index (χ0n) is 45.7. The summed E-state index contributed by atoms with van der Waals surface area (Å²) in [6, 6.07) is 101. The SMILES string of the molecule is CC(C)(C)c1ccc2c(c1)B1c3cc(C(C)(C)C)ccc3Oc3c(-c4ccc(S(c5ccccc5)(c5ccccc5)c5ccccc5)cc4)cc(-c4ccc(S(c5ccccc5)(c5ccccc5)c5ccccc5)cc4)c(c31)O2. The standard InChI is InChI=1S/C74H63BO2S2/c1-73(2,3)54-41-47-68-66(49-54)75-67-50-55(74(4,5)6)42-48-69(67)77-72-65(53-39-45-63(46-40-53)79(59-31-19-10-20-32-59,60-33-21-11-22-34-60)61-35-23-12-24-36-61)51-64(71(76-68)70(72)75)52-37-43-62(44-38-52)78(56-25-13-7-14-26-56,57-27-15-8-16-28-57)58-29-17-9-18-30-58/h7-51H,1-6H3. The first-order chi connectivity index (χ1) is 38.4. The Morgan fingerprint density at radius 2 is 0.557 bits per heavy atom. The van der Waals surface area contributed by atoms with Crippen LogP contribution in [0.15, 0.2) is 312 Å². The van der Waals surface area contributed by atoms with Crippen LogP contribution in [0.5, 0.6) is 23.0 Å². The second kappa shape index (κ2) is 19.9. The minimum Gasteiger partial charge on any atom is -0.458 e. The van der Waals surface area contributed by atoms with Crippen LogP contribution in [-0.2, 0) is 10.8 Å². The number of hydrogen-bond acceptors (Lipinski definition) is 2. The van der Waals surface area contributed by atoms with Gasteiger partial charge < -0.3 is 9.47 Å². The van der Waals surface area contributed by atoms with E-state index in [4.69, 9.17) is 9.47 Å². The van der Waals surface area contributed by atoms with Gasteiger partial charge in [-0.1, -0.05) is 199 Å². The van der Waals surface area contributed by atoms with Gasteiger partial charge in [-0.05, 0) is 159 Å². The second-order valence-corrected chi connectivity index (χ2v) is 29.1. The van der Waals surface area contributed by atoms with E-state index >= 15 is 0 Å². The maximum Gasteiger partial charge on any atom is 0.260 e. The molecular weight excluding hydrogens is 996 g/mol. The summed E-state index contributed by atoms with van der Waals surface area (Å²) in [6.45, 7) is 13.6. The van der Waals surface area contributed by atoms with Crippen molar-refractivity contribution in [2.45, 2.75) is 91.5 Å². The molecule has 5 heteroatoms. The molecule has 0 aliphatic carbocycles. The maximum atomic E-state index is 7.43. The highest BCUT2D eigenvalue weighted by molar-refractivity contribution is 8.34. The molecule has 0 spiro atoms. The number of fused-ring (bicyclic) bond motifs is 4. The number of rotatable bonds is 10. The van der Waals surface area contributed by atoms with Crippen LogP contribution in [0.2, 0.25) is 0 Å². The van der Waals surface area contributed by atoms with Gasteiger partial charge >= 0.3 is 0 Å². The van der Waals surface area contributed by atoms with Crippen LogP contribution >= 0.6 is 20.1 Å². The summed E-state index contributed by atoms with van der Waals surface area (Å²) in [6.07, 6.45) is 0. The zero-order chi connectivity index (χ0) is 53.9. The van der Waals surface area contributed by atoms with E-state index in [1.165, 1.54) is 50.3 Å². The van der Waals surface area contributed by atoms with Crippen molar-refractivity contribution < 1.29 is 9.47 Å². The average Bonchev–Trinajstić information content (AvgIpc) is 3.64. The van der Waals surface area contributed by atoms with Crippen molar-refractivity contribution in [2.75, 3.05) is 0 Å². The molecule has 0 bridgehead atoms. The fourth-order valence-corrected chi connectivity index (χ4v) is 19.8. The number of benzene rings is 11. The summed E-state index contributed by atoms with van der Waals surface area (Å²) in [5.41, 5.74) is 9.96. The lowest BCUT2D eigenvalue weighted by Gasteiger charge is -2.42. The van der Waals surface area contributed by atoms with Crippen LogP contribution < -0.4 is 25.9 Å². The molecule has 79 heavy (non-hydrogen) atoms. The summed E-state index contributed by atoms with van der Waals surface area (Å²) >= 11 is 0. The maximum absolute atomic E-state index is 7.43. The van der Waals surface area contributed by atoms with Crippen LogP contribution in [0.1, 0.15) is 52.7 Å². The third-order valence-electron chi connectivity index (χ3n) is 16.0. The molecule has 13 rings (SSSR count). The fraction of sp³-hybridized carbons (Fsp3) is 0.108. The van der Waals surface area contributed by atoms with Crippen LogP contribution in [0.4, 0.5) is 0 Å². The smallest absolute Gasteiger partial charge is 0.260 e. The molecule has 0 saturated carbocycles. The summed E-state index contributed by atoms with van der Waals surface area (Å²) < 4.78 is 14.9. The Morgan fingerprint density at radius 1 is 0.291 bits per heavy atom. The predicted molar refractivity (Wildman–Crippen MR) is 332 cm³/mol. The minimum atomic E-state index is -1.92. The van der Waals surface area contributed by atoms with Gasteiger partial charge in [0.2, 0.25) is 0 Å². The first kappa shape index (κ1) is 50.3. The fourth-order valence-electron chi connectivity index (χ4n) is 12.0. The van der Waals surface area contributed by atoms with Crippen LogP contribution in [0, 0.1) is 0 Å². The molecule has 0 saturated heterocycles. The van der Waals surface area contributed by atoms with Crippen LogP contribution in [0.3, 0.4) is 0 Å². The van der Waals surface area contributed by atoms with Gasteiger partial charge in [-0.15, -0.1) is 20.1 Å². The van der Waals surface area contributed by atoms with Crippen molar-refractivity contribution >= 4 is 43.2 Å². The Morgan fingerprint density at radius 3 is 0.823 bits per heavy atom. The van der Waals surface area contributed by atoms with Crippen molar-refractivity contribution in [3.05, 3.63) is 284 Å². The third-order valence-corrected chi connectivity index (χ3v) is 23.8. The molecule has 0 atom stereocenters. The van der Waals surface area contributed by atoms with Crippen LogP contribution in [-0.4, -0.2) is 6.71 Å². The van der Waals surface area contributed by atoms with Crippen LogP contribution in [0.25, 0.3) is 22.3 Å². The Hall–Kier alpha value is -8.22. The monoisotopic (exact) mass is 1060 g/mol. The zero-order valence-corrected chi connectivity index (χ0v) is 47.3. The third kappa shape index (κ3) is 8.54. The van der Waals surface area contributed by atoms with Crippen molar-refractivity contribution in [1.29, 1.82) is 0 Å². The van der Waals surface area contributed by atoms with Gasteiger partial charge in [-0.2, -0.15) is 0 Å². The van der Waals surface area contributed by atoms with Gasteiger partial charge in [0, 0.05) is 55.8 Å². The normalized spacial score (nSPS) is 13.3. The Bertz CT molecular complexity index is 3530. The van der Waals surface area contributed by atoms with Gasteiger partial charge in [0.25, 0.3) is 6.71 Å². The molecule has 2 aliphatic rings. The minimum absolute atomic E-state index is 0.0805. The van der Waals surface area contributed by atoms with Crippen molar-refractivity contribution in [3.8, 4) is 45.3 Å². The lowest BCUT2D eigenvalue weighted by molar-refractivity contribution is 0.466. The van der Waals surface area contributed by atoms with Crippen molar-refractivity contribution in [1.82, 2.24) is 0 Å². The van der Waals surface area contributed by atoms with Gasteiger partial charge in [0.1, 0.15) is 23.0 Å². The summed E-state index contributed by atoms with van der Waals surface area (Å²) in [4.78, 5) is 10.2. The molecule has 2 heterocycles. The Labute approximate surface area is 470 Å². The van der Waals surface area contributed by atoms with Gasteiger partial charge in [-0.3, -0.25) is 0 Å². The first-order valence-corrected chi connectivity index (χ1v) is 30.7. The van der Waals surface area contributed by atoms with Gasteiger partial charge in [0.05, 0.1) is 0 Å². The summed E-state index contributed by atoms with van der Waals surface area (Å²) in [5.74, 6) is 3.43. The topological polar surface area (TPSA) is 18.5 Å². The van der Waals surface area contributed by atoms with E-state index in [-0.39, 0.29) is 17.5 Å². The molecule has 11 aromatic rings. The van der Waals surface area contributed by atoms with Gasteiger partial charge in [-0.25, -0.2) is 0 Å². The Balaban J connectivity index is 1.06. The molecule has 2 nitrogen and oxygen atoms in total. The van der Waals surface area contributed by atoms with E-state index in [0.29, 0.717) is 0 Å². The molecule has 0 unspecified atom stereocenters. The lowest BCUT2D eigenvalue weighted by atomic mass is 9.34. The van der Waals surface area contributed by atoms with E-state index in [0.717, 1.165) is 61.6 Å².